The van der Waals surface area contributed by atoms with Crippen molar-refractivity contribution in [2.24, 2.45) is 5.92 Å². The summed E-state index contributed by atoms with van der Waals surface area (Å²) < 4.78 is 2.33. The first-order valence-corrected chi connectivity index (χ1v) is 8.11. The number of rotatable bonds is 4. The van der Waals surface area contributed by atoms with Crippen LogP contribution >= 0.6 is 0 Å². The third-order valence-corrected chi connectivity index (χ3v) is 4.65. The van der Waals surface area contributed by atoms with Crippen molar-refractivity contribution >= 4 is 11.6 Å². The number of hydrogen-bond acceptors (Lipinski definition) is 2. The molecule has 0 radical (unpaired) electrons. The van der Waals surface area contributed by atoms with Gasteiger partial charge in [-0.1, -0.05) is 37.5 Å². The molecule has 1 aliphatic rings. The Kier molecular flexibility index (Phi) is 4.28. The van der Waals surface area contributed by atoms with E-state index < -0.39 is 0 Å². The van der Waals surface area contributed by atoms with Crippen LogP contribution in [-0.4, -0.2) is 9.55 Å². The zero-order valence-corrected chi connectivity index (χ0v) is 13.0. The Morgan fingerprint density at radius 2 is 1.86 bits per heavy atom. The van der Waals surface area contributed by atoms with Gasteiger partial charge in [0.2, 0.25) is 5.95 Å². The van der Waals surface area contributed by atoms with E-state index in [-0.39, 0.29) is 0 Å². The van der Waals surface area contributed by atoms with Crippen LogP contribution in [0.5, 0.6) is 0 Å². The second-order valence-electron chi connectivity index (χ2n) is 6.24. The molecule has 0 aliphatic heterocycles. The molecule has 1 unspecified atom stereocenters. The van der Waals surface area contributed by atoms with Crippen molar-refractivity contribution in [1.82, 2.24) is 9.55 Å². The van der Waals surface area contributed by atoms with Crippen molar-refractivity contribution in [1.29, 1.82) is 0 Å². The molecule has 3 heteroatoms. The number of nitrogens with zero attached hydrogens (tertiary/aromatic N) is 2. The summed E-state index contributed by atoms with van der Waals surface area (Å²) in [5.41, 5.74) is 2.18. The van der Waals surface area contributed by atoms with E-state index in [1.54, 1.807) is 0 Å². The standard InChI is InChI=1S/C18H25N3/c1-14-13-21(15(2)16-9-5-3-6-10-16)18(19-14)20-17-11-7-4-8-12-17/h4,7-8,11-13,15-16H,3,5-6,9-10H2,1-2H3,(H,19,20). The number of benzene rings is 1. The highest BCUT2D eigenvalue weighted by Gasteiger charge is 2.23. The van der Waals surface area contributed by atoms with Gasteiger partial charge in [-0.05, 0) is 44.7 Å². The summed E-state index contributed by atoms with van der Waals surface area (Å²) in [6.45, 7) is 4.41. The van der Waals surface area contributed by atoms with E-state index in [0.29, 0.717) is 6.04 Å². The lowest BCUT2D eigenvalue weighted by Crippen LogP contribution is -2.20. The normalized spacial score (nSPS) is 17.6. The molecule has 1 saturated carbocycles. The fourth-order valence-corrected chi connectivity index (χ4v) is 3.41. The molecule has 1 fully saturated rings. The van der Waals surface area contributed by atoms with Crippen molar-refractivity contribution in [3.05, 3.63) is 42.2 Å². The lowest BCUT2D eigenvalue weighted by molar-refractivity contribution is 0.265. The highest BCUT2D eigenvalue weighted by atomic mass is 15.2. The maximum atomic E-state index is 4.67. The number of anilines is 2. The van der Waals surface area contributed by atoms with Crippen molar-refractivity contribution in [3.63, 3.8) is 0 Å². The average Bonchev–Trinajstić information content (AvgIpc) is 2.89. The second kappa shape index (κ2) is 6.33. The molecule has 1 aromatic heterocycles. The second-order valence-corrected chi connectivity index (χ2v) is 6.24. The summed E-state index contributed by atoms with van der Waals surface area (Å²) in [6.07, 6.45) is 9.05. The van der Waals surface area contributed by atoms with Crippen LogP contribution in [0.15, 0.2) is 36.5 Å². The van der Waals surface area contributed by atoms with Crippen molar-refractivity contribution in [3.8, 4) is 0 Å². The Morgan fingerprint density at radius 1 is 1.14 bits per heavy atom. The zero-order chi connectivity index (χ0) is 14.7. The molecular formula is C18H25N3. The molecule has 112 valence electrons. The molecule has 0 saturated heterocycles. The van der Waals surface area contributed by atoms with Crippen LogP contribution in [0.4, 0.5) is 11.6 Å². The molecule has 0 spiro atoms. The smallest absolute Gasteiger partial charge is 0.207 e. The number of hydrogen-bond donors (Lipinski definition) is 1. The van der Waals surface area contributed by atoms with Gasteiger partial charge in [-0.3, -0.25) is 0 Å². The molecule has 1 aliphatic carbocycles. The Hall–Kier alpha value is -1.77. The minimum atomic E-state index is 0.512. The van der Waals surface area contributed by atoms with E-state index >= 15 is 0 Å². The molecule has 0 bridgehead atoms. The topological polar surface area (TPSA) is 29.9 Å². The molecule has 1 aromatic carbocycles. The summed E-state index contributed by atoms with van der Waals surface area (Å²) >= 11 is 0. The van der Waals surface area contributed by atoms with Crippen LogP contribution in [0, 0.1) is 12.8 Å². The summed E-state index contributed by atoms with van der Waals surface area (Å²) in [7, 11) is 0. The predicted molar refractivity (Wildman–Crippen MR) is 88.0 cm³/mol. The third kappa shape index (κ3) is 3.29. The van der Waals surface area contributed by atoms with Gasteiger partial charge >= 0.3 is 0 Å². The highest BCUT2D eigenvalue weighted by Crippen LogP contribution is 2.34. The minimum absolute atomic E-state index is 0.512. The molecule has 0 amide bonds. The largest absolute Gasteiger partial charge is 0.326 e. The number of imidazole rings is 1. The Balaban J connectivity index is 1.81. The number of para-hydroxylation sites is 1. The van der Waals surface area contributed by atoms with Gasteiger partial charge in [0, 0.05) is 17.9 Å². The van der Waals surface area contributed by atoms with E-state index in [9.17, 15) is 0 Å². The molecular weight excluding hydrogens is 258 g/mol. The van der Waals surface area contributed by atoms with E-state index in [4.69, 9.17) is 0 Å². The van der Waals surface area contributed by atoms with Crippen LogP contribution in [-0.2, 0) is 0 Å². The lowest BCUT2D eigenvalue weighted by Gasteiger charge is -2.29. The molecule has 21 heavy (non-hydrogen) atoms. The van der Waals surface area contributed by atoms with Crippen molar-refractivity contribution < 1.29 is 0 Å². The number of aryl methyl sites for hydroxylation is 1. The summed E-state index contributed by atoms with van der Waals surface area (Å²) in [6, 6.07) is 10.8. The highest BCUT2D eigenvalue weighted by molar-refractivity contribution is 5.53. The summed E-state index contributed by atoms with van der Waals surface area (Å²) in [5, 5.41) is 3.47. The van der Waals surface area contributed by atoms with Gasteiger partial charge in [0.05, 0.1) is 5.69 Å². The van der Waals surface area contributed by atoms with Crippen molar-refractivity contribution in [2.45, 2.75) is 52.0 Å². The predicted octanol–water partition coefficient (Wildman–Crippen LogP) is 5.08. The molecule has 2 aromatic rings. The van der Waals surface area contributed by atoms with Crippen molar-refractivity contribution in [2.75, 3.05) is 5.32 Å². The van der Waals surface area contributed by atoms with Gasteiger partial charge < -0.3 is 9.88 Å². The zero-order valence-electron chi connectivity index (χ0n) is 13.0. The quantitative estimate of drug-likeness (QED) is 0.848. The SMILES string of the molecule is Cc1cn(C(C)C2CCCCC2)c(Nc2ccccc2)n1. The van der Waals surface area contributed by atoms with Crippen LogP contribution in [0.3, 0.4) is 0 Å². The third-order valence-electron chi connectivity index (χ3n) is 4.65. The minimum Gasteiger partial charge on any atom is -0.326 e. The van der Waals surface area contributed by atoms with Crippen LogP contribution in [0.1, 0.15) is 50.8 Å². The number of aromatic nitrogens is 2. The summed E-state index contributed by atoms with van der Waals surface area (Å²) in [5.74, 6) is 1.75. The van der Waals surface area contributed by atoms with E-state index in [2.05, 4.69) is 47.0 Å². The summed E-state index contributed by atoms with van der Waals surface area (Å²) in [4.78, 5) is 4.67. The average molecular weight is 283 g/mol. The van der Waals surface area contributed by atoms with Crippen LogP contribution in [0.25, 0.3) is 0 Å². The molecule has 1 heterocycles. The van der Waals surface area contributed by atoms with Gasteiger partial charge in [-0.2, -0.15) is 0 Å². The first-order chi connectivity index (χ1) is 10.2. The van der Waals surface area contributed by atoms with Gasteiger partial charge in [0.1, 0.15) is 0 Å². The first-order valence-electron chi connectivity index (χ1n) is 8.11. The molecule has 1 N–H and O–H groups in total. The van der Waals surface area contributed by atoms with Gasteiger partial charge in [-0.25, -0.2) is 4.98 Å². The Morgan fingerprint density at radius 3 is 2.57 bits per heavy atom. The van der Waals surface area contributed by atoms with E-state index in [1.807, 2.05) is 18.2 Å². The van der Waals surface area contributed by atoms with E-state index in [0.717, 1.165) is 23.2 Å². The molecule has 1 atom stereocenters. The fourth-order valence-electron chi connectivity index (χ4n) is 3.41. The first kappa shape index (κ1) is 14.2. The van der Waals surface area contributed by atoms with Gasteiger partial charge in [0.15, 0.2) is 0 Å². The molecule has 3 rings (SSSR count). The maximum Gasteiger partial charge on any atom is 0.207 e. The van der Waals surface area contributed by atoms with Gasteiger partial charge in [0.25, 0.3) is 0 Å². The van der Waals surface area contributed by atoms with E-state index in [1.165, 1.54) is 32.1 Å². The molecule has 3 nitrogen and oxygen atoms in total. The fraction of sp³-hybridized carbons (Fsp3) is 0.500. The Labute approximate surface area is 127 Å². The lowest BCUT2D eigenvalue weighted by atomic mass is 9.84. The maximum absolute atomic E-state index is 4.67. The van der Waals surface area contributed by atoms with Crippen LogP contribution in [0.2, 0.25) is 0 Å². The van der Waals surface area contributed by atoms with Crippen LogP contribution < -0.4 is 5.32 Å². The monoisotopic (exact) mass is 283 g/mol. The Bertz CT molecular complexity index is 567. The number of nitrogens with one attached hydrogen (secondary N) is 1. The van der Waals surface area contributed by atoms with Gasteiger partial charge in [-0.15, -0.1) is 0 Å².